The number of nitrogens with zero attached hydrogens (tertiary/aromatic N) is 1. The van der Waals surface area contributed by atoms with Gasteiger partial charge in [-0.1, -0.05) is 19.9 Å². The molecule has 0 amide bonds. The lowest BCUT2D eigenvalue weighted by Crippen LogP contribution is -2.61. The van der Waals surface area contributed by atoms with Crippen LogP contribution in [0.4, 0.5) is 0 Å². The summed E-state index contributed by atoms with van der Waals surface area (Å²) < 4.78 is 28.0. The summed E-state index contributed by atoms with van der Waals surface area (Å²) in [4.78, 5) is 4.40. The van der Waals surface area contributed by atoms with E-state index >= 15 is 0 Å². The molecule has 1 heterocycles. The minimum absolute atomic E-state index is 0.227. The van der Waals surface area contributed by atoms with Gasteiger partial charge in [-0.3, -0.25) is 4.98 Å². The molecule has 3 rings (SSSR count). The molecule has 0 spiro atoms. The van der Waals surface area contributed by atoms with Gasteiger partial charge in [0.2, 0.25) is 10.0 Å². The number of rotatable bonds is 3. The standard InChI is InChI=1S/C15H18N2O3S/c1-15(2)13(9-14(15)18)17-21(19,20)12-7-3-6-11-10(12)5-4-8-16-11/h3-8,13-14,17-18H,9H2,1-2H3. The van der Waals surface area contributed by atoms with E-state index in [1.54, 1.807) is 36.5 Å². The summed E-state index contributed by atoms with van der Waals surface area (Å²) in [7, 11) is -3.64. The Balaban J connectivity index is 1.98. The molecule has 0 radical (unpaired) electrons. The molecule has 2 aromatic rings. The normalized spacial score (nSPS) is 24.7. The Morgan fingerprint density at radius 3 is 2.71 bits per heavy atom. The Morgan fingerprint density at radius 2 is 2.05 bits per heavy atom. The predicted molar refractivity (Wildman–Crippen MR) is 80.3 cm³/mol. The zero-order valence-corrected chi connectivity index (χ0v) is 12.8. The van der Waals surface area contributed by atoms with Crippen LogP contribution in [-0.2, 0) is 10.0 Å². The van der Waals surface area contributed by atoms with Crippen LogP contribution < -0.4 is 4.72 Å². The molecule has 1 aliphatic rings. The van der Waals surface area contributed by atoms with Gasteiger partial charge in [-0.05, 0) is 30.7 Å². The molecule has 0 bridgehead atoms. The summed E-state index contributed by atoms with van der Waals surface area (Å²) in [5.41, 5.74) is 0.198. The Kier molecular flexibility index (Phi) is 3.27. The zero-order chi connectivity index (χ0) is 15.3. The lowest BCUT2D eigenvalue weighted by atomic mass is 9.65. The number of aromatic nitrogens is 1. The fourth-order valence-electron chi connectivity index (χ4n) is 2.66. The number of nitrogens with one attached hydrogen (secondary N) is 1. The van der Waals surface area contributed by atoms with Crippen molar-refractivity contribution in [3.63, 3.8) is 0 Å². The Morgan fingerprint density at radius 1 is 1.29 bits per heavy atom. The fraction of sp³-hybridized carbons (Fsp3) is 0.400. The molecular formula is C15H18N2O3S. The lowest BCUT2D eigenvalue weighted by Gasteiger charge is -2.49. The summed E-state index contributed by atoms with van der Waals surface area (Å²) >= 11 is 0. The van der Waals surface area contributed by atoms with Crippen molar-refractivity contribution in [1.29, 1.82) is 0 Å². The first-order chi connectivity index (χ1) is 9.82. The average Bonchev–Trinajstić information content (AvgIpc) is 2.46. The van der Waals surface area contributed by atoms with Crippen molar-refractivity contribution < 1.29 is 13.5 Å². The first kappa shape index (κ1) is 14.4. The molecule has 1 aromatic carbocycles. The Hall–Kier alpha value is -1.50. The van der Waals surface area contributed by atoms with Crippen molar-refractivity contribution in [2.45, 2.75) is 37.3 Å². The van der Waals surface area contributed by atoms with E-state index in [2.05, 4.69) is 9.71 Å². The van der Waals surface area contributed by atoms with E-state index in [9.17, 15) is 13.5 Å². The smallest absolute Gasteiger partial charge is 0.241 e. The topological polar surface area (TPSA) is 79.3 Å². The molecule has 1 aliphatic carbocycles. The molecule has 5 nitrogen and oxygen atoms in total. The third kappa shape index (κ3) is 2.33. The number of aliphatic hydroxyl groups is 1. The Labute approximate surface area is 124 Å². The van der Waals surface area contributed by atoms with E-state index in [-0.39, 0.29) is 10.9 Å². The summed E-state index contributed by atoms with van der Waals surface area (Å²) in [5.74, 6) is 0. The van der Waals surface area contributed by atoms with Crippen LogP contribution in [0.25, 0.3) is 10.9 Å². The van der Waals surface area contributed by atoms with Gasteiger partial charge in [-0.2, -0.15) is 0 Å². The van der Waals surface area contributed by atoms with Gasteiger partial charge in [-0.15, -0.1) is 0 Å². The SMILES string of the molecule is CC1(C)C(O)CC1NS(=O)(=O)c1cccc2ncccc12. The number of hydrogen-bond donors (Lipinski definition) is 2. The predicted octanol–water partition coefficient (Wildman–Crippen LogP) is 1.67. The first-order valence-electron chi connectivity index (χ1n) is 6.86. The molecule has 2 N–H and O–H groups in total. The maximum Gasteiger partial charge on any atom is 0.241 e. The highest BCUT2D eigenvalue weighted by Crippen LogP contribution is 2.41. The highest BCUT2D eigenvalue weighted by Gasteiger charge is 2.49. The maximum atomic E-state index is 12.6. The molecule has 0 saturated heterocycles. The van der Waals surface area contributed by atoms with Crippen LogP contribution in [0, 0.1) is 5.41 Å². The molecule has 1 saturated carbocycles. The number of aliphatic hydroxyl groups excluding tert-OH is 1. The van der Waals surface area contributed by atoms with Gasteiger partial charge in [0, 0.05) is 23.0 Å². The molecular weight excluding hydrogens is 288 g/mol. The van der Waals surface area contributed by atoms with Crippen LogP contribution in [0.2, 0.25) is 0 Å². The third-order valence-electron chi connectivity index (χ3n) is 4.41. The molecule has 2 unspecified atom stereocenters. The third-order valence-corrected chi connectivity index (χ3v) is 5.94. The van der Waals surface area contributed by atoms with Crippen molar-refractivity contribution in [2.24, 2.45) is 5.41 Å². The van der Waals surface area contributed by atoms with Crippen LogP contribution in [0.1, 0.15) is 20.3 Å². The van der Waals surface area contributed by atoms with Gasteiger partial charge in [0.15, 0.2) is 0 Å². The van der Waals surface area contributed by atoms with Crippen molar-refractivity contribution in [2.75, 3.05) is 0 Å². The number of benzene rings is 1. The van der Waals surface area contributed by atoms with Crippen LogP contribution >= 0.6 is 0 Å². The molecule has 1 fully saturated rings. The second-order valence-corrected chi connectivity index (χ2v) is 7.76. The van der Waals surface area contributed by atoms with Gasteiger partial charge in [0.25, 0.3) is 0 Å². The zero-order valence-electron chi connectivity index (χ0n) is 11.9. The van der Waals surface area contributed by atoms with Crippen molar-refractivity contribution in [3.05, 3.63) is 36.5 Å². The van der Waals surface area contributed by atoms with E-state index in [1.807, 2.05) is 13.8 Å². The van der Waals surface area contributed by atoms with E-state index in [4.69, 9.17) is 0 Å². The summed E-state index contributed by atoms with van der Waals surface area (Å²) in [6, 6.07) is 8.25. The quantitative estimate of drug-likeness (QED) is 0.904. The molecule has 6 heteroatoms. The van der Waals surface area contributed by atoms with E-state index < -0.39 is 21.5 Å². The van der Waals surface area contributed by atoms with Gasteiger partial charge >= 0.3 is 0 Å². The first-order valence-corrected chi connectivity index (χ1v) is 8.35. The lowest BCUT2D eigenvalue weighted by molar-refractivity contribution is -0.0645. The van der Waals surface area contributed by atoms with Gasteiger partial charge < -0.3 is 5.11 Å². The van der Waals surface area contributed by atoms with E-state index in [0.717, 1.165) is 0 Å². The minimum atomic E-state index is -3.64. The summed E-state index contributed by atoms with van der Waals surface area (Å²) in [6.07, 6.45) is 1.60. The highest BCUT2D eigenvalue weighted by molar-refractivity contribution is 7.89. The fourth-order valence-corrected chi connectivity index (χ4v) is 4.28. The average molecular weight is 306 g/mol. The van der Waals surface area contributed by atoms with Crippen LogP contribution in [0.15, 0.2) is 41.4 Å². The molecule has 0 aliphatic heterocycles. The number of hydrogen-bond acceptors (Lipinski definition) is 4. The van der Waals surface area contributed by atoms with Crippen LogP contribution in [0.5, 0.6) is 0 Å². The van der Waals surface area contributed by atoms with Crippen molar-refractivity contribution in [3.8, 4) is 0 Å². The van der Waals surface area contributed by atoms with Crippen molar-refractivity contribution >= 4 is 20.9 Å². The maximum absolute atomic E-state index is 12.6. The Bertz CT molecular complexity index is 781. The van der Waals surface area contributed by atoms with E-state index in [1.165, 1.54) is 0 Å². The minimum Gasteiger partial charge on any atom is -0.392 e. The largest absolute Gasteiger partial charge is 0.392 e. The second kappa shape index (κ2) is 4.76. The number of pyridine rings is 1. The molecule has 2 atom stereocenters. The molecule has 21 heavy (non-hydrogen) atoms. The van der Waals surface area contributed by atoms with Crippen LogP contribution in [-0.4, -0.2) is 30.7 Å². The van der Waals surface area contributed by atoms with E-state index in [0.29, 0.717) is 17.3 Å². The molecule has 112 valence electrons. The monoisotopic (exact) mass is 306 g/mol. The highest BCUT2D eigenvalue weighted by atomic mass is 32.2. The van der Waals surface area contributed by atoms with Crippen LogP contribution in [0.3, 0.4) is 0 Å². The summed E-state index contributed by atoms with van der Waals surface area (Å²) in [5, 5.41) is 10.3. The summed E-state index contributed by atoms with van der Waals surface area (Å²) in [6.45, 7) is 3.72. The van der Waals surface area contributed by atoms with Gasteiger partial charge in [0.1, 0.15) is 0 Å². The number of sulfonamides is 1. The second-order valence-electron chi connectivity index (χ2n) is 6.07. The number of fused-ring (bicyclic) bond motifs is 1. The van der Waals surface area contributed by atoms with Gasteiger partial charge in [0.05, 0.1) is 16.5 Å². The molecule has 1 aromatic heterocycles. The van der Waals surface area contributed by atoms with Crippen molar-refractivity contribution in [1.82, 2.24) is 9.71 Å². The van der Waals surface area contributed by atoms with Gasteiger partial charge in [-0.25, -0.2) is 13.1 Å².